The summed E-state index contributed by atoms with van der Waals surface area (Å²) in [6.07, 6.45) is 1.76. The first-order valence-corrected chi connectivity index (χ1v) is 10.2. The number of rotatable bonds is 8. The van der Waals surface area contributed by atoms with Crippen molar-refractivity contribution in [1.82, 2.24) is 4.90 Å². The highest BCUT2D eigenvalue weighted by atomic mass is 16.5. The van der Waals surface area contributed by atoms with Gasteiger partial charge in [-0.3, -0.25) is 4.90 Å². The molecule has 1 N–H and O–H groups in total. The zero-order valence-corrected chi connectivity index (χ0v) is 16.7. The second kappa shape index (κ2) is 9.50. The van der Waals surface area contributed by atoms with Gasteiger partial charge in [-0.2, -0.15) is 0 Å². The molecular formula is C24H33NO2. The SMILES string of the molecule is CC(C)CC[C@](O)(c1ccccc1)[C@H](CN1CCOCC1)c1ccccc1. The van der Waals surface area contributed by atoms with Crippen molar-refractivity contribution in [3.05, 3.63) is 71.8 Å². The van der Waals surface area contributed by atoms with Crippen LogP contribution in [0.5, 0.6) is 0 Å². The van der Waals surface area contributed by atoms with Gasteiger partial charge in [0.15, 0.2) is 0 Å². The van der Waals surface area contributed by atoms with Crippen molar-refractivity contribution in [1.29, 1.82) is 0 Å². The quantitative estimate of drug-likeness (QED) is 0.749. The van der Waals surface area contributed by atoms with Gasteiger partial charge in [0.1, 0.15) is 0 Å². The van der Waals surface area contributed by atoms with E-state index < -0.39 is 5.60 Å². The van der Waals surface area contributed by atoms with Crippen LogP contribution in [0.25, 0.3) is 0 Å². The Bertz CT molecular complexity index is 667. The molecule has 0 amide bonds. The molecule has 0 bridgehead atoms. The lowest BCUT2D eigenvalue weighted by Gasteiger charge is -2.41. The summed E-state index contributed by atoms with van der Waals surface area (Å²) in [5.41, 5.74) is 1.34. The van der Waals surface area contributed by atoms with Gasteiger partial charge in [0.25, 0.3) is 0 Å². The number of benzene rings is 2. The lowest BCUT2D eigenvalue weighted by molar-refractivity contribution is -0.0311. The maximum Gasteiger partial charge on any atom is 0.0977 e. The molecule has 3 heteroatoms. The highest BCUT2D eigenvalue weighted by Crippen LogP contribution is 2.42. The Morgan fingerprint density at radius 3 is 2.15 bits per heavy atom. The van der Waals surface area contributed by atoms with E-state index in [1.807, 2.05) is 24.3 Å². The highest BCUT2D eigenvalue weighted by Gasteiger charge is 2.40. The molecular weight excluding hydrogens is 334 g/mol. The molecule has 0 radical (unpaired) electrons. The Hall–Kier alpha value is -1.68. The van der Waals surface area contributed by atoms with Crippen LogP contribution in [0.15, 0.2) is 60.7 Å². The van der Waals surface area contributed by atoms with E-state index in [2.05, 4.69) is 55.1 Å². The molecule has 0 aromatic heterocycles. The van der Waals surface area contributed by atoms with Gasteiger partial charge in [-0.1, -0.05) is 74.5 Å². The first kappa shape index (κ1) is 20.1. The lowest BCUT2D eigenvalue weighted by atomic mass is 9.73. The maximum absolute atomic E-state index is 12.1. The van der Waals surface area contributed by atoms with Crippen LogP contribution in [0.2, 0.25) is 0 Å². The second-order valence-electron chi connectivity index (χ2n) is 8.10. The Balaban J connectivity index is 1.98. The summed E-state index contributed by atoms with van der Waals surface area (Å²) >= 11 is 0. The van der Waals surface area contributed by atoms with Crippen molar-refractivity contribution in [2.75, 3.05) is 32.8 Å². The van der Waals surface area contributed by atoms with E-state index in [0.717, 1.165) is 51.3 Å². The predicted molar refractivity (Wildman–Crippen MR) is 111 cm³/mol. The molecule has 0 saturated carbocycles. The summed E-state index contributed by atoms with van der Waals surface area (Å²) in [5, 5.41) is 12.1. The molecule has 146 valence electrons. The van der Waals surface area contributed by atoms with Crippen molar-refractivity contribution in [2.24, 2.45) is 5.92 Å². The fraction of sp³-hybridized carbons (Fsp3) is 0.500. The van der Waals surface area contributed by atoms with Crippen molar-refractivity contribution in [3.63, 3.8) is 0 Å². The summed E-state index contributed by atoms with van der Waals surface area (Å²) in [7, 11) is 0. The third kappa shape index (κ3) is 5.19. The van der Waals surface area contributed by atoms with E-state index >= 15 is 0 Å². The largest absolute Gasteiger partial charge is 0.384 e. The van der Waals surface area contributed by atoms with Gasteiger partial charge < -0.3 is 9.84 Å². The normalized spacial score (nSPS) is 19.0. The molecule has 1 heterocycles. The predicted octanol–water partition coefficient (Wildman–Crippen LogP) is 4.43. The Labute approximate surface area is 164 Å². The number of aliphatic hydroxyl groups is 1. The monoisotopic (exact) mass is 367 g/mol. The van der Waals surface area contributed by atoms with Crippen molar-refractivity contribution < 1.29 is 9.84 Å². The third-order valence-corrected chi connectivity index (χ3v) is 5.70. The molecule has 0 aliphatic carbocycles. The molecule has 0 unspecified atom stereocenters. The summed E-state index contributed by atoms with van der Waals surface area (Å²) < 4.78 is 5.53. The smallest absolute Gasteiger partial charge is 0.0977 e. The van der Waals surface area contributed by atoms with Crippen LogP contribution in [0, 0.1) is 5.92 Å². The molecule has 0 spiro atoms. The molecule has 1 saturated heterocycles. The molecule has 2 atom stereocenters. The molecule has 1 aliphatic heterocycles. The van der Waals surface area contributed by atoms with Gasteiger partial charge in [0.2, 0.25) is 0 Å². The molecule has 3 rings (SSSR count). The fourth-order valence-corrected chi connectivity index (χ4v) is 4.01. The minimum absolute atomic E-state index is 0.0259. The van der Waals surface area contributed by atoms with Crippen molar-refractivity contribution >= 4 is 0 Å². The fourth-order valence-electron chi connectivity index (χ4n) is 4.01. The number of hydrogen-bond acceptors (Lipinski definition) is 3. The molecule has 2 aromatic rings. The van der Waals surface area contributed by atoms with Gasteiger partial charge in [-0.25, -0.2) is 0 Å². The first-order chi connectivity index (χ1) is 13.1. The third-order valence-electron chi connectivity index (χ3n) is 5.70. The first-order valence-electron chi connectivity index (χ1n) is 10.2. The molecule has 27 heavy (non-hydrogen) atoms. The van der Waals surface area contributed by atoms with Crippen LogP contribution < -0.4 is 0 Å². The Morgan fingerprint density at radius 1 is 0.963 bits per heavy atom. The molecule has 1 fully saturated rings. The van der Waals surface area contributed by atoms with Gasteiger partial charge >= 0.3 is 0 Å². The minimum atomic E-state index is -0.884. The average molecular weight is 368 g/mol. The standard InChI is InChI=1S/C24H33NO2/c1-20(2)13-14-24(26,22-11-7-4-8-12-22)23(21-9-5-3-6-10-21)19-25-15-17-27-18-16-25/h3-12,20,23,26H,13-19H2,1-2H3/t23-,24+/m1/s1. The average Bonchev–Trinajstić information content (AvgIpc) is 2.72. The molecule has 2 aromatic carbocycles. The van der Waals surface area contributed by atoms with E-state index in [1.165, 1.54) is 5.56 Å². The van der Waals surface area contributed by atoms with E-state index in [9.17, 15) is 5.11 Å². The summed E-state index contributed by atoms with van der Waals surface area (Å²) in [6, 6.07) is 20.8. The van der Waals surface area contributed by atoms with Crippen molar-refractivity contribution in [2.45, 2.75) is 38.2 Å². The van der Waals surface area contributed by atoms with E-state index in [-0.39, 0.29) is 5.92 Å². The topological polar surface area (TPSA) is 32.7 Å². The number of nitrogens with zero attached hydrogens (tertiary/aromatic N) is 1. The van der Waals surface area contributed by atoms with Gasteiger partial charge in [0, 0.05) is 25.6 Å². The Morgan fingerprint density at radius 2 is 1.56 bits per heavy atom. The van der Waals surface area contributed by atoms with E-state index in [0.29, 0.717) is 5.92 Å². The van der Waals surface area contributed by atoms with Crippen LogP contribution in [-0.2, 0) is 10.3 Å². The number of hydrogen-bond donors (Lipinski definition) is 1. The van der Waals surface area contributed by atoms with Crippen LogP contribution in [0.4, 0.5) is 0 Å². The maximum atomic E-state index is 12.1. The summed E-state index contributed by atoms with van der Waals surface area (Å²) in [6.45, 7) is 8.71. The number of ether oxygens (including phenoxy) is 1. The number of morpholine rings is 1. The second-order valence-corrected chi connectivity index (χ2v) is 8.10. The van der Waals surface area contributed by atoms with Gasteiger partial charge in [-0.05, 0) is 29.9 Å². The van der Waals surface area contributed by atoms with Crippen LogP contribution in [0.1, 0.15) is 43.7 Å². The van der Waals surface area contributed by atoms with Crippen LogP contribution >= 0.6 is 0 Å². The zero-order valence-electron chi connectivity index (χ0n) is 16.7. The van der Waals surface area contributed by atoms with Gasteiger partial charge in [0.05, 0.1) is 18.8 Å². The summed E-state index contributed by atoms with van der Waals surface area (Å²) in [4.78, 5) is 2.43. The van der Waals surface area contributed by atoms with Gasteiger partial charge in [-0.15, -0.1) is 0 Å². The van der Waals surface area contributed by atoms with Crippen molar-refractivity contribution in [3.8, 4) is 0 Å². The van der Waals surface area contributed by atoms with Crippen LogP contribution in [0.3, 0.4) is 0 Å². The molecule has 3 nitrogen and oxygen atoms in total. The van der Waals surface area contributed by atoms with Crippen LogP contribution in [-0.4, -0.2) is 42.9 Å². The molecule has 1 aliphatic rings. The Kier molecular flexibility index (Phi) is 7.06. The minimum Gasteiger partial charge on any atom is -0.384 e. The highest BCUT2D eigenvalue weighted by molar-refractivity contribution is 5.32. The van der Waals surface area contributed by atoms with E-state index in [4.69, 9.17) is 4.74 Å². The van der Waals surface area contributed by atoms with E-state index in [1.54, 1.807) is 0 Å². The zero-order chi connectivity index (χ0) is 19.1. The summed E-state index contributed by atoms with van der Waals surface area (Å²) in [5.74, 6) is 0.581. The lowest BCUT2D eigenvalue weighted by Crippen LogP contribution is -2.45.